The highest BCUT2D eigenvalue weighted by atomic mass is 32.2. The van der Waals surface area contributed by atoms with Gasteiger partial charge in [0.1, 0.15) is 0 Å². The monoisotopic (exact) mass is 269 g/mol. The molecule has 18 heavy (non-hydrogen) atoms. The van der Waals surface area contributed by atoms with Crippen molar-refractivity contribution in [1.82, 2.24) is 4.31 Å². The second-order valence-corrected chi connectivity index (χ2v) is 6.71. The fourth-order valence-corrected chi connectivity index (χ4v) is 3.69. The molecule has 0 aromatic heterocycles. The first-order valence-corrected chi connectivity index (χ1v) is 7.66. The number of nitrogens with two attached hydrogens (primary N) is 2. The van der Waals surface area contributed by atoms with Crippen molar-refractivity contribution in [1.29, 1.82) is 0 Å². The third kappa shape index (κ3) is 3.22. The van der Waals surface area contributed by atoms with Crippen LogP contribution in [-0.4, -0.2) is 31.9 Å². The molecule has 1 saturated heterocycles. The molecule has 0 amide bonds. The molecule has 1 aromatic rings. The zero-order valence-corrected chi connectivity index (χ0v) is 11.1. The first kappa shape index (κ1) is 13.3. The molecule has 1 aliphatic rings. The fraction of sp³-hybridized carbons (Fsp3) is 0.500. The number of piperidine rings is 1. The maximum Gasteiger partial charge on any atom is 0.218 e. The van der Waals surface area contributed by atoms with E-state index in [1.54, 1.807) is 24.3 Å². The number of nitrogen functional groups attached to an aromatic ring is 1. The van der Waals surface area contributed by atoms with Crippen LogP contribution in [0, 0.1) is 0 Å². The molecule has 1 aromatic carbocycles. The van der Waals surface area contributed by atoms with Gasteiger partial charge in [0, 0.05) is 24.8 Å². The molecule has 0 radical (unpaired) electrons. The summed E-state index contributed by atoms with van der Waals surface area (Å²) in [6.07, 6.45) is 1.46. The highest BCUT2D eigenvalue weighted by molar-refractivity contribution is 7.88. The van der Waals surface area contributed by atoms with Crippen molar-refractivity contribution in [2.45, 2.75) is 24.6 Å². The topological polar surface area (TPSA) is 89.4 Å². The highest BCUT2D eigenvalue weighted by Gasteiger charge is 2.26. The van der Waals surface area contributed by atoms with Crippen molar-refractivity contribution in [2.24, 2.45) is 5.73 Å². The molecule has 0 spiro atoms. The van der Waals surface area contributed by atoms with Crippen molar-refractivity contribution in [2.75, 3.05) is 18.8 Å². The Morgan fingerprint density at radius 2 is 1.94 bits per heavy atom. The number of anilines is 1. The number of sulfonamides is 1. The lowest BCUT2D eigenvalue weighted by molar-refractivity contribution is 0.319. The highest BCUT2D eigenvalue weighted by Crippen LogP contribution is 2.17. The quantitative estimate of drug-likeness (QED) is 0.783. The molecule has 4 N–H and O–H groups in total. The molecule has 6 heteroatoms. The number of hydrogen-bond acceptors (Lipinski definition) is 4. The minimum absolute atomic E-state index is 0.00722. The van der Waals surface area contributed by atoms with Gasteiger partial charge >= 0.3 is 0 Å². The molecule has 2 rings (SSSR count). The van der Waals surface area contributed by atoms with E-state index in [0.29, 0.717) is 18.8 Å². The molecule has 0 atom stereocenters. The SMILES string of the molecule is Nc1cccc(CS(=O)(=O)N2CCC(N)CC2)c1. The number of nitrogens with zero attached hydrogens (tertiary/aromatic N) is 1. The van der Waals surface area contributed by atoms with Crippen LogP contribution in [0.25, 0.3) is 0 Å². The van der Waals surface area contributed by atoms with E-state index < -0.39 is 10.0 Å². The van der Waals surface area contributed by atoms with E-state index in [9.17, 15) is 8.42 Å². The molecule has 1 fully saturated rings. The summed E-state index contributed by atoms with van der Waals surface area (Å²) in [4.78, 5) is 0. The van der Waals surface area contributed by atoms with Crippen LogP contribution in [0.15, 0.2) is 24.3 Å². The first-order chi connectivity index (χ1) is 8.47. The first-order valence-electron chi connectivity index (χ1n) is 6.05. The second kappa shape index (κ2) is 5.26. The van der Waals surface area contributed by atoms with Crippen molar-refractivity contribution in [3.8, 4) is 0 Å². The number of rotatable bonds is 3. The molecule has 0 bridgehead atoms. The van der Waals surface area contributed by atoms with Gasteiger partial charge in [0.05, 0.1) is 5.75 Å². The van der Waals surface area contributed by atoms with Crippen molar-refractivity contribution in [3.05, 3.63) is 29.8 Å². The van der Waals surface area contributed by atoms with Gasteiger partial charge in [-0.25, -0.2) is 12.7 Å². The predicted octanol–water partition coefficient (Wildman–Crippen LogP) is 0.522. The molecular formula is C12H19N3O2S. The summed E-state index contributed by atoms with van der Waals surface area (Å²) in [6.45, 7) is 1.04. The van der Waals surface area contributed by atoms with E-state index in [-0.39, 0.29) is 11.8 Å². The van der Waals surface area contributed by atoms with Gasteiger partial charge in [-0.1, -0.05) is 12.1 Å². The number of hydrogen-bond donors (Lipinski definition) is 2. The normalized spacial score (nSPS) is 18.9. The third-order valence-electron chi connectivity index (χ3n) is 3.19. The average molecular weight is 269 g/mol. The Morgan fingerprint density at radius 1 is 1.28 bits per heavy atom. The summed E-state index contributed by atoms with van der Waals surface area (Å²) in [7, 11) is -3.25. The Morgan fingerprint density at radius 3 is 2.56 bits per heavy atom. The van der Waals surface area contributed by atoms with Gasteiger partial charge in [-0.15, -0.1) is 0 Å². The Labute approximate surface area is 108 Å². The van der Waals surface area contributed by atoms with Crippen LogP contribution in [0.3, 0.4) is 0 Å². The molecule has 0 aliphatic carbocycles. The summed E-state index contributed by atoms with van der Waals surface area (Å²) in [6, 6.07) is 7.13. The van der Waals surface area contributed by atoms with Crippen LogP contribution in [0.5, 0.6) is 0 Å². The summed E-state index contributed by atoms with van der Waals surface area (Å²) >= 11 is 0. The molecule has 100 valence electrons. The predicted molar refractivity (Wildman–Crippen MR) is 72.3 cm³/mol. The zero-order valence-electron chi connectivity index (χ0n) is 10.2. The van der Waals surface area contributed by atoms with Crippen LogP contribution in [0.4, 0.5) is 5.69 Å². The summed E-state index contributed by atoms with van der Waals surface area (Å²) < 4.78 is 26.0. The van der Waals surface area contributed by atoms with E-state index in [1.165, 1.54) is 4.31 Å². The molecule has 1 aliphatic heterocycles. The minimum atomic E-state index is -3.25. The van der Waals surface area contributed by atoms with E-state index in [1.807, 2.05) is 0 Å². The average Bonchev–Trinajstić information content (AvgIpc) is 2.29. The standard InChI is InChI=1S/C12H19N3O2S/c13-11-4-6-15(7-5-11)18(16,17)9-10-2-1-3-12(14)8-10/h1-3,8,11H,4-7,9,13-14H2. The van der Waals surface area contributed by atoms with E-state index >= 15 is 0 Å². The summed E-state index contributed by atoms with van der Waals surface area (Å²) in [5, 5.41) is 0. The van der Waals surface area contributed by atoms with Crippen LogP contribution >= 0.6 is 0 Å². The number of benzene rings is 1. The van der Waals surface area contributed by atoms with Gasteiger partial charge in [-0.3, -0.25) is 0 Å². The molecule has 0 saturated carbocycles. The maximum absolute atomic E-state index is 12.2. The smallest absolute Gasteiger partial charge is 0.218 e. The fourth-order valence-electron chi connectivity index (χ4n) is 2.14. The van der Waals surface area contributed by atoms with Gasteiger partial charge in [0.25, 0.3) is 0 Å². The van der Waals surface area contributed by atoms with Crippen molar-refractivity contribution in [3.63, 3.8) is 0 Å². The van der Waals surface area contributed by atoms with Crippen LogP contribution in [-0.2, 0) is 15.8 Å². The Bertz CT molecular complexity index is 508. The van der Waals surface area contributed by atoms with E-state index in [0.717, 1.165) is 18.4 Å². The molecule has 0 unspecified atom stereocenters. The lowest BCUT2D eigenvalue weighted by Gasteiger charge is -2.29. The maximum atomic E-state index is 12.2. The van der Waals surface area contributed by atoms with Crippen molar-refractivity contribution < 1.29 is 8.42 Å². The Hall–Kier alpha value is -1.11. The minimum Gasteiger partial charge on any atom is -0.399 e. The molecule has 5 nitrogen and oxygen atoms in total. The van der Waals surface area contributed by atoms with Gasteiger partial charge in [0.15, 0.2) is 0 Å². The molecular weight excluding hydrogens is 250 g/mol. The van der Waals surface area contributed by atoms with Crippen LogP contribution < -0.4 is 11.5 Å². The zero-order chi connectivity index (χ0) is 13.2. The van der Waals surface area contributed by atoms with Gasteiger partial charge in [-0.2, -0.15) is 0 Å². The van der Waals surface area contributed by atoms with Crippen LogP contribution in [0.2, 0.25) is 0 Å². The van der Waals surface area contributed by atoms with Gasteiger partial charge in [-0.05, 0) is 30.5 Å². The summed E-state index contributed by atoms with van der Waals surface area (Å²) in [5.41, 5.74) is 12.7. The summed E-state index contributed by atoms with van der Waals surface area (Å²) in [5.74, 6) is 0.00722. The lowest BCUT2D eigenvalue weighted by Crippen LogP contribution is -2.43. The van der Waals surface area contributed by atoms with Crippen LogP contribution in [0.1, 0.15) is 18.4 Å². The van der Waals surface area contributed by atoms with Gasteiger partial charge in [0.2, 0.25) is 10.0 Å². The Kier molecular flexibility index (Phi) is 3.89. The van der Waals surface area contributed by atoms with E-state index in [2.05, 4.69) is 0 Å². The molecule has 1 heterocycles. The second-order valence-electron chi connectivity index (χ2n) is 4.74. The largest absolute Gasteiger partial charge is 0.399 e. The third-order valence-corrected chi connectivity index (χ3v) is 5.04. The van der Waals surface area contributed by atoms with Crippen molar-refractivity contribution >= 4 is 15.7 Å². The van der Waals surface area contributed by atoms with Gasteiger partial charge < -0.3 is 11.5 Å². The lowest BCUT2D eigenvalue weighted by atomic mass is 10.1. The Balaban J connectivity index is 2.08. The van der Waals surface area contributed by atoms with E-state index in [4.69, 9.17) is 11.5 Å².